The van der Waals surface area contributed by atoms with Crippen molar-refractivity contribution in [2.45, 2.75) is 6.17 Å². The first-order chi connectivity index (χ1) is 11.6. The molecular weight excluding hydrogens is 306 g/mol. The molecule has 1 atom stereocenters. The Hall–Kier alpha value is -3.22. The largest absolute Gasteiger partial charge is 0.493 e. The molecule has 0 radical (unpaired) electrons. The van der Waals surface area contributed by atoms with Gasteiger partial charge in [-0.15, -0.1) is 0 Å². The second kappa shape index (κ2) is 6.49. The highest BCUT2D eigenvalue weighted by Gasteiger charge is 2.28. The lowest BCUT2D eigenvalue weighted by Crippen LogP contribution is -2.44. The quantitative estimate of drug-likeness (QED) is 0.894. The molecule has 124 valence electrons. The summed E-state index contributed by atoms with van der Waals surface area (Å²) >= 11 is 0. The van der Waals surface area contributed by atoms with Crippen molar-refractivity contribution in [1.29, 1.82) is 0 Å². The van der Waals surface area contributed by atoms with Crippen molar-refractivity contribution < 1.29 is 9.47 Å². The van der Waals surface area contributed by atoms with E-state index in [-0.39, 0.29) is 11.9 Å². The predicted octanol–water partition coefficient (Wildman–Crippen LogP) is 1.85. The first-order valence-electron chi connectivity index (χ1n) is 7.37. The van der Waals surface area contributed by atoms with Gasteiger partial charge in [-0.05, 0) is 24.3 Å². The van der Waals surface area contributed by atoms with Crippen LogP contribution in [0.3, 0.4) is 0 Å². The predicted molar refractivity (Wildman–Crippen MR) is 94.5 cm³/mol. The van der Waals surface area contributed by atoms with E-state index in [1.807, 2.05) is 53.4 Å². The molecule has 0 unspecified atom stereocenters. The van der Waals surface area contributed by atoms with Crippen molar-refractivity contribution in [3.05, 3.63) is 54.1 Å². The highest BCUT2D eigenvalue weighted by molar-refractivity contribution is 6.04. The van der Waals surface area contributed by atoms with E-state index in [2.05, 4.69) is 9.98 Å². The number of hydrogen-bond acceptors (Lipinski definition) is 7. The molecule has 7 nitrogen and oxygen atoms in total. The average molecular weight is 325 g/mol. The van der Waals surface area contributed by atoms with Gasteiger partial charge < -0.3 is 20.9 Å². The lowest BCUT2D eigenvalue weighted by atomic mass is 10.1. The van der Waals surface area contributed by atoms with Crippen LogP contribution in [0.25, 0.3) is 0 Å². The third kappa shape index (κ3) is 2.83. The molecular formula is C17H19N5O2. The fourth-order valence-corrected chi connectivity index (χ4v) is 2.61. The van der Waals surface area contributed by atoms with Gasteiger partial charge in [-0.2, -0.15) is 4.99 Å². The molecule has 0 amide bonds. The van der Waals surface area contributed by atoms with Crippen molar-refractivity contribution in [3.8, 4) is 11.5 Å². The maximum atomic E-state index is 6.11. The topological polar surface area (TPSA) is 98.5 Å². The molecule has 1 heterocycles. The summed E-state index contributed by atoms with van der Waals surface area (Å²) < 4.78 is 10.7. The van der Waals surface area contributed by atoms with Gasteiger partial charge in [-0.3, -0.25) is 4.90 Å². The highest BCUT2D eigenvalue weighted by atomic mass is 16.5. The van der Waals surface area contributed by atoms with Crippen LogP contribution in [0.15, 0.2) is 58.5 Å². The number of ether oxygens (including phenoxy) is 2. The molecule has 1 aliphatic rings. The van der Waals surface area contributed by atoms with Gasteiger partial charge in [0.2, 0.25) is 11.9 Å². The number of aliphatic imine (C=N–C) groups is 2. The van der Waals surface area contributed by atoms with E-state index in [4.69, 9.17) is 20.9 Å². The van der Waals surface area contributed by atoms with E-state index in [0.29, 0.717) is 11.5 Å². The minimum Gasteiger partial charge on any atom is -0.493 e. The van der Waals surface area contributed by atoms with Crippen LogP contribution in [-0.4, -0.2) is 26.1 Å². The molecule has 3 rings (SSSR count). The maximum absolute atomic E-state index is 6.11. The van der Waals surface area contributed by atoms with Crippen LogP contribution in [0.5, 0.6) is 11.5 Å². The molecule has 0 spiro atoms. The van der Waals surface area contributed by atoms with E-state index in [0.717, 1.165) is 11.3 Å². The van der Waals surface area contributed by atoms with Gasteiger partial charge in [-0.25, -0.2) is 4.99 Å². The summed E-state index contributed by atoms with van der Waals surface area (Å²) in [6, 6.07) is 15.2. The molecule has 0 fully saturated rings. The Labute approximate surface area is 140 Å². The zero-order chi connectivity index (χ0) is 17.1. The van der Waals surface area contributed by atoms with Gasteiger partial charge in [0.15, 0.2) is 17.7 Å². The van der Waals surface area contributed by atoms with Crippen molar-refractivity contribution >= 4 is 17.6 Å². The maximum Gasteiger partial charge on any atom is 0.221 e. The smallest absolute Gasteiger partial charge is 0.221 e. The number of rotatable bonds is 4. The van der Waals surface area contributed by atoms with Gasteiger partial charge in [0.05, 0.1) is 14.2 Å². The normalized spacial score (nSPS) is 17.1. The number of methoxy groups -OCH3 is 2. The minimum absolute atomic E-state index is 0.138. The average Bonchev–Trinajstić information content (AvgIpc) is 2.61. The SMILES string of the molecule is COc1ccc([C@@H]2N=C(N)N=C(N)N2c2ccccc2)cc1OC. The first kappa shape index (κ1) is 15.7. The Bertz CT molecular complexity index is 789. The molecule has 1 aliphatic heterocycles. The van der Waals surface area contributed by atoms with Crippen molar-refractivity contribution in [3.63, 3.8) is 0 Å². The number of anilines is 1. The van der Waals surface area contributed by atoms with E-state index in [9.17, 15) is 0 Å². The molecule has 2 aromatic rings. The van der Waals surface area contributed by atoms with Gasteiger partial charge in [0.25, 0.3) is 0 Å². The van der Waals surface area contributed by atoms with Gasteiger partial charge in [0.1, 0.15) is 0 Å². The van der Waals surface area contributed by atoms with Crippen LogP contribution in [0.1, 0.15) is 11.7 Å². The lowest BCUT2D eigenvalue weighted by Gasteiger charge is -2.33. The Morgan fingerprint density at radius 3 is 2.33 bits per heavy atom. The number of para-hydroxylation sites is 1. The number of hydrogen-bond donors (Lipinski definition) is 2. The molecule has 0 aliphatic carbocycles. The summed E-state index contributed by atoms with van der Waals surface area (Å²) in [6.07, 6.45) is -0.440. The fraction of sp³-hybridized carbons (Fsp3) is 0.176. The van der Waals surface area contributed by atoms with Gasteiger partial charge in [0, 0.05) is 11.3 Å². The lowest BCUT2D eigenvalue weighted by molar-refractivity contribution is 0.354. The zero-order valence-corrected chi connectivity index (χ0v) is 13.5. The van der Waals surface area contributed by atoms with E-state index in [1.165, 1.54) is 0 Å². The van der Waals surface area contributed by atoms with Crippen LogP contribution < -0.4 is 25.8 Å². The molecule has 4 N–H and O–H groups in total. The van der Waals surface area contributed by atoms with Gasteiger partial charge in [-0.1, -0.05) is 24.3 Å². The molecule has 0 saturated heterocycles. The number of nitrogens with two attached hydrogens (primary N) is 2. The van der Waals surface area contributed by atoms with Gasteiger partial charge >= 0.3 is 0 Å². The second-order valence-electron chi connectivity index (χ2n) is 5.15. The van der Waals surface area contributed by atoms with Crippen LogP contribution in [0, 0.1) is 0 Å². The van der Waals surface area contributed by atoms with Crippen LogP contribution >= 0.6 is 0 Å². The summed E-state index contributed by atoms with van der Waals surface area (Å²) in [5.74, 6) is 1.67. The summed E-state index contributed by atoms with van der Waals surface area (Å²) in [6.45, 7) is 0. The number of guanidine groups is 2. The Kier molecular flexibility index (Phi) is 4.24. The van der Waals surface area contributed by atoms with Crippen LogP contribution in [0.4, 0.5) is 5.69 Å². The molecule has 7 heteroatoms. The highest BCUT2D eigenvalue weighted by Crippen LogP contribution is 2.35. The zero-order valence-electron chi connectivity index (χ0n) is 13.5. The molecule has 0 saturated carbocycles. The van der Waals surface area contributed by atoms with Crippen molar-refractivity contribution in [2.75, 3.05) is 19.1 Å². The minimum atomic E-state index is -0.440. The van der Waals surface area contributed by atoms with Crippen LogP contribution in [-0.2, 0) is 0 Å². The fourth-order valence-electron chi connectivity index (χ4n) is 2.61. The van der Waals surface area contributed by atoms with E-state index < -0.39 is 6.17 Å². The Balaban J connectivity index is 2.08. The molecule has 0 aromatic heterocycles. The third-order valence-electron chi connectivity index (χ3n) is 3.72. The Morgan fingerprint density at radius 1 is 0.958 bits per heavy atom. The number of nitrogens with zero attached hydrogens (tertiary/aromatic N) is 3. The molecule has 0 bridgehead atoms. The van der Waals surface area contributed by atoms with Crippen molar-refractivity contribution in [1.82, 2.24) is 0 Å². The molecule has 2 aromatic carbocycles. The number of benzene rings is 2. The summed E-state index contributed by atoms with van der Waals surface area (Å²) in [5, 5.41) is 0. The summed E-state index contributed by atoms with van der Waals surface area (Å²) in [5.41, 5.74) is 13.7. The third-order valence-corrected chi connectivity index (χ3v) is 3.72. The van der Waals surface area contributed by atoms with E-state index >= 15 is 0 Å². The van der Waals surface area contributed by atoms with Crippen LogP contribution in [0.2, 0.25) is 0 Å². The van der Waals surface area contributed by atoms with Crippen molar-refractivity contribution in [2.24, 2.45) is 21.5 Å². The summed E-state index contributed by atoms with van der Waals surface area (Å²) in [4.78, 5) is 10.3. The Morgan fingerprint density at radius 2 is 1.67 bits per heavy atom. The monoisotopic (exact) mass is 325 g/mol. The second-order valence-corrected chi connectivity index (χ2v) is 5.15. The molecule has 24 heavy (non-hydrogen) atoms. The first-order valence-corrected chi connectivity index (χ1v) is 7.37. The summed E-state index contributed by atoms with van der Waals surface area (Å²) in [7, 11) is 3.18. The van der Waals surface area contributed by atoms with E-state index in [1.54, 1.807) is 14.2 Å². The standard InChI is InChI=1S/C17H19N5O2/c1-23-13-9-8-11(10-14(13)24-2)15-20-16(18)21-17(19)22(15)12-6-4-3-5-7-12/h3-10,15H,1-2H3,(H4,18,19,20,21)/t15-/m1/s1.